The Labute approximate surface area is 136 Å². The van der Waals surface area contributed by atoms with Gasteiger partial charge in [0.05, 0.1) is 24.7 Å². The van der Waals surface area contributed by atoms with Crippen LogP contribution in [0.15, 0.2) is 57.9 Å². The van der Waals surface area contributed by atoms with E-state index < -0.39 is 0 Å². The van der Waals surface area contributed by atoms with E-state index in [1.54, 1.807) is 13.3 Å². The van der Waals surface area contributed by atoms with Crippen molar-refractivity contribution >= 4 is 26.7 Å². The van der Waals surface area contributed by atoms with Crippen LogP contribution in [-0.4, -0.2) is 16.9 Å². The maximum absolute atomic E-state index is 12.7. The van der Waals surface area contributed by atoms with Crippen LogP contribution in [0.4, 0.5) is 0 Å². The largest absolute Gasteiger partial charge is 0.497 e. The first-order valence-electron chi connectivity index (χ1n) is 6.91. The van der Waals surface area contributed by atoms with E-state index >= 15 is 0 Å². The number of halogens is 1. The van der Waals surface area contributed by atoms with Gasteiger partial charge in [0.25, 0.3) is 5.56 Å². The van der Waals surface area contributed by atoms with Crippen LogP contribution in [0, 0.1) is 0 Å². The van der Waals surface area contributed by atoms with Crippen molar-refractivity contribution in [2.75, 3.05) is 7.11 Å². The molecule has 0 aliphatic carbocycles. The Hall–Kier alpha value is -2.14. The van der Waals surface area contributed by atoms with Crippen molar-refractivity contribution in [2.24, 2.45) is 0 Å². The Morgan fingerprint density at radius 1 is 1.23 bits per heavy atom. The van der Waals surface area contributed by atoms with Crippen molar-refractivity contribution in [2.45, 2.75) is 13.0 Å². The number of hydrogen-bond acceptors (Lipinski definition) is 3. The van der Waals surface area contributed by atoms with Gasteiger partial charge in [0, 0.05) is 9.86 Å². The molecule has 0 bridgehead atoms. The van der Waals surface area contributed by atoms with Gasteiger partial charge in [-0.05, 0) is 36.8 Å². The zero-order chi connectivity index (χ0) is 15.7. The quantitative estimate of drug-likeness (QED) is 0.715. The molecule has 22 heavy (non-hydrogen) atoms. The van der Waals surface area contributed by atoms with E-state index in [1.807, 2.05) is 49.4 Å². The molecule has 1 aromatic heterocycles. The lowest BCUT2D eigenvalue weighted by atomic mass is 10.1. The summed E-state index contributed by atoms with van der Waals surface area (Å²) in [5.74, 6) is 0.765. The number of ether oxygens (including phenoxy) is 1. The Balaban J connectivity index is 2.12. The Morgan fingerprint density at radius 2 is 2.05 bits per heavy atom. The third kappa shape index (κ3) is 2.64. The first-order valence-corrected chi connectivity index (χ1v) is 7.70. The lowest BCUT2D eigenvalue weighted by Crippen LogP contribution is -2.26. The number of aromatic nitrogens is 2. The Kier molecular flexibility index (Phi) is 3.98. The Bertz CT molecular complexity index is 889. The first-order chi connectivity index (χ1) is 10.6. The van der Waals surface area contributed by atoms with Gasteiger partial charge in [0.2, 0.25) is 0 Å². The van der Waals surface area contributed by atoms with Crippen molar-refractivity contribution in [3.8, 4) is 5.75 Å². The summed E-state index contributed by atoms with van der Waals surface area (Å²) in [7, 11) is 1.63. The molecule has 0 saturated carbocycles. The predicted molar refractivity (Wildman–Crippen MR) is 90.5 cm³/mol. The lowest BCUT2D eigenvalue weighted by molar-refractivity contribution is 0.413. The molecule has 0 saturated heterocycles. The average Bonchev–Trinajstić information content (AvgIpc) is 2.55. The van der Waals surface area contributed by atoms with Crippen LogP contribution >= 0.6 is 15.9 Å². The number of rotatable bonds is 3. The second kappa shape index (κ2) is 5.93. The highest BCUT2D eigenvalue weighted by Crippen LogP contribution is 2.22. The van der Waals surface area contributed by atoms with Crippen molar-refractivity contribution in [3.63, 3.8) is 0 Å². The molecule has 0 aliphatic rings. The molecule has 1 heterocycles. The molecule has 3 aromatic rings. The molecule has 0 aliphatic heterocycles. The molecule has 0 N–H and O–H groups in total. The maximum atomic E-state index is 12.7. The Morgan fingerprint density at radius 3 is 2.82 bits per heavy atom. The molecule has 2 aromatic carbocycles. The van der Waals surface area contributed by atoms with Crippen molar-refractivity contribution < 1.29 is 4.74 Å². The summed E-state index contributed by atoms with van der Waals surface area (Å²) in [5.41, 5.74) is 0.873. The molecule has 112 valence electrons. The van der Waals surface area contributed by atoms with Crippen LogP contribution in [-0.2, 0) is 0 Å². The van der Waals surface area contributed by atoms with Crippen molar-refractivity contribution in [1.29, 1.82) is 0 Å². The minimum absolute atomic E-state index is 0.103. The number of nitrogens with zero attached hydrogens (tertiary/aromatic N) is 2. The van der Waals surface area contributed by atoms with Gasteiger partial charge in [0.15, 0.2) is 0 Å². The minimum atomic E-state index is -0.175. The van der Waals surface area contributed by atoms with Crippen LogP contribution in [0.2, 0.25) is 0 Å². The third-order valence-corrected chi connectivity index (χ3v) is 4.21. The highest BCUT2D eigenvalue weighted by molar-refractivity contribution is 9.10. The van der Waals surface area contributed by atoms with E-state index in [-0.39, 0.29) is 11.6 Å². The van der Waals surface area contributed by atoms with Gasteiger partial charge in [-0.3, -0.25) is 4.79 Å². The molecule has 3 rings (SSSR count). The summed E-state index contributed by atoms with van der Waals surface area (Å²) in [6.07, 6.45) is 1.72. The van der Waals surface area contributed by atoms with E-state index in [0.717, 1.165) is 21.2 Å². The molecule has 0 radical (unpaired) electrons. The second-order valence-corrected chi connectivity index (χ2v) is 5.99. The fourth-order valence-electron chi connectivity index (χ4n) is 2.45. The van der Waals surface area contributed by atoms with Gasteiger partial charge >= 0.3 is 0 Å². The molecule has 5 heteroatoms. The summed E-state index contributed by atoms with van der Waals surface area (Å²) in [5, 5.41) is 5.80. The summed E-state index contributed by atoms with van der Waals surface area (Å²) >= 11 is 3.41. The standard InChI is InChI=1S/C17H15BrN2O2/c1-11(12-4-3-5-15(8-12)22-2)20-17(21)16-9-14(18)7-6-13(16)10-19-20/h3-11H,1-2H3/t11-/m1/s1. The smallest absolute Gasteiger partial charge is 0.275 e. The topological polar surface area (TPSA) is 44.1 Å². The highest BCUT2D eigenvalue weighted by Gasteiger charge is 2.13. The highest BCUT2D eigenvalue weighted by atomic mass is 79.9. The number of methoxy groups -OCH3 is 1. The van der Waals surface area contributed by atoms with Gasteiger partial charge in [0.1, 0.15) is 5.75 Å². The van der Waals surface area contributed by atoms with Crippen molar-refractivity contribution in [3.05, 3.63) is 69.1 Å². The fraction of sp³-hybridized carbons (Fsp3) is 0.176. The van der Waals surface area contributed by atoms with Crippen LogP contribution in [0.1, 0.15) is 18.5 Å². The molecule has 0 unspecified atom stereocenters. The van der Waals surface area contributed by atoms with E-state index in [2.05, 4.69) is 21.0 Å². The second-order valence-electron chi connectivity index (χ2n) is 5.08. The van der Waals surface area contributed by atoms with E-state index in [4.69, 9.17) is 4.74 Å². The summed E-state index contributed by atoms with van der Waals surface area (Å²) in [6, 6.07) is 13.1. The minimum Gasteiger partial charge on any atom is -0.497 e. The summed E-state index contributed by atoms with van der Waals surface area (Å²) in [4.78, 5) is 12.7. The van der Waals surface area contributed by atoms with Gasteiger partial charge < -0.3 is 4.74 Å². The van der Waals surface area contributed by atoms with E-state index in [1.165, 1.54) is 4.68 Å². The van der Waals surface area contributed by atoms with E-state index in [0.29, 0.717) is 5.39 Å². The van der Waals surface area contributed by atoms with Crippen LogP contribution in [0.25, 0.3) is 10.8 Å². The predicted octanol–water partition coefficient (Wildman–Crippen LogP) is 3.78. The average molecular weight is 359 g/mol. The van der Waals surface area contributed by atoms with Crippen LogP contribution < -0.4 is 10.3 Å². The molecule has 1 atom stereocenters. The summed E-state index contributed by atoms with van der Waals surface area (Å²) in [6.45, 7) is 1.95. The first kappa shape index (κ1) is 14.8. The normalized spacial score (nSPS) is 12.3. The summed E-state index contributed by atoms with van der Waals surface area (Å²) < 4.78 is 7.63. The van der Waals surface area contributed by atoms with E-state index in [9.17, 15) is 4.79 Å². The van der Waals surface area contributed by atoms with Crippen LogP contribution in [0.5, 0.6) is 5.75 Å². The SMILES string of the molecule is COc1cccc([C@@H](C)n2ncc3ccc(Br)cc3c2=O)c1. The number of hydrogen-bond donors (Lipinski definition) is 0. The van der Waals surface area contributed by atoms with Crippen molar-refractivity contribution in [1.82, 2.24) is 9.78 Å². The zero-order valence-corrected chi connectivity index (χ0v) is 13.9. The maximum Gasteiger partial charge on any atom is 0.275 e. The molecule has 0 spiro atoms. The van der Waals surface area contributed by atoms with Gasteiger partial charge in [-0.1, -0.05) is 34.1 Å². The lowest BCUT2D eigenvalue weighted by Gasteiger charge is -2.15. The molecule has 4 nitrogen and oxygen atoms in total. The van der Waals surface area contributed by atoms with Gasteiger partial charge in [-0.2, -0.15) is 5.10 Å². The zero-order valence-electron chi connectivity index (χ0n) is 12.3. The molecular formula is C17H15BrN2O2. The fourth-order valence-corrected chi connectivity index (χ4v) is 2.81. The molecule has 0 amide bonds. The van der Waals surface area contributed by atoms with Crippen LogP contribution in [0.3, 0.4) is 0 Å². The molecular weight excluding hydrogens is 344 g/mol. The molecule has 0 fully saturated rings. The number of fused-ring (bicyclic) bond motifs is 1. The monoisotopic (exact) mass is 358 g/mol. The van der Waals surface area contributed by atoms with Gasteiger partial charge in [-0.25, -0.2) is 4.68 Å². The van der Waals surface area contributed by atoms with Gasteiger partial charge in [-0.15, -0.1) is 0 Å². The number of benzene rings is 2. The third-order valence-electron chi connectivity index (χ3n) is 3.72.